The van der Waals surface area contributed by atoms with Gasteiger partial charge in [-0.3, -0.25) is 0 Å². The minimum absolute atomic E-state index is 0.0431. The molecule has 2 rings (SSSR count). The second-order valence-corrected chi connectivity index (χ2v) is 4.62. The zero-order valence-electron chi connectivity index (χ0n) is 12.4. The fourth-order valence-electron chi connectivity index (χ4n) is 2.13. The van der Waals surface area contributed by atoms with Crippen molar-refractivity contribution in [1.29, 1.82) is 0 Å². The molecule has 0 aromatic heterocycles. The molecule has 0 atom stereocenters. The van der Waals surface area contributed by atoms with E-state index in [-0.39, 0.29) is 6.61 Å². The van der Waals surface area contributed by atoms with E-state index in [9.17, 15) is 5.11 Å². The molecule has 2 aromatic carbocycles. The van der Waals surface area contributed by atoms with Crippen molar-refractivity contribution >= 4 is 5.69 Å². The van der Waals surface area contributed by atoms with Crippen LogP contribution >= 0.6 is 0 Å². The first-order chi connectivity index (χ1) is 10.3. The molecule has 21 heavy (non-hydrogen) atoms. The van der Waals surface area contributed by atoms with Gasteiger partial charge in [0.1, 0.15) is 11.5 Å². The van der Waals surface area contributed by atoms with Gasteiger partial charge in [-0.05, 0) is 42.8 Å². The highest BCUT2D eigenvalue weighted by Crippen LogP contribution is 2.23. The number of hydrogen-bond acceptors (Lipinski definition) is 4. The summed E-state index contributed by atoms with van der Waals surface area (Å²) in [5.74, 6) is 1.57. The Bertz CT molecular complexity index is 584. The Balaban J connectivity index is 2.04. The van der Waals surface area contributed by atoms with Gasteiger partial charge in [0.05, 0.1) is 20.3 Å². The molecule has 112 valence electrons. The number of hydrogen-bond donors (Lipinski definition) is 2. The van der Waals surface area contributed by atoms with Gasteiger partial charge < -0.3 is 19.9 Å². The van der Waals surface area contributed by atoms with E-state index in [4.69, 9.17) is 9.47 Å². The molecular weight excluding hydrogens is 266 g/mol. The minimum Gasteiger partial charge on any atom is -0.496 e. The molecule has 0 bridgehead atoms. The summed E-state index contributed by atoms with van der Waals surface area (Å²) in [4.78, 5) is 0. The van der Waals surface area contributed by atoms with Crippen molar-refractivity contribution in [3.05, 3.63) is 53.6 Å². The van der Waals surface area contributed by atoms with Crippen molar-refractivity contribution in [3.8, 4) is 11.5 Å². The first-order valence-corrected chi connectivity index (χ1v) is 7.00. The number of aliphatic hydroxyl groups excluding tert-OH is 1. The Morgan fingerprint density at radius 1 is 1.14 bits per heavy atom. The van der Waals surface area contributed by atoms with Gasteiger partial charge in [0.25, 0.3) is 0 Å². The Morgan fingerprint density at radius 3 is 2.71 bits per heavy atom. The Labute approximate surface area is 125 Å². The van der Waals surface area contributed by atoms with E-state index in [1.807, 2.05) is 49.4 Å². The summed E-state index contributed by atoms with van der Waals surface area (Å²) in [5.41, 5.74) is 2.86. The average Bonchev–Trinajstić information content (AvgIpc) is 2.53. The zero-order valence-corrected chi connectivity index (χ0v) is 12.4. The van der Waals surface area contributed by atoms with Crippen LogP contribution in [-0.2, 0) is 13.2 Å². The van der Waals surface area contributed by atoms with Gasteiger partial charge in [-0.25, -0.2) is 0 Å². The lowest BCUT2D eigenvalue weighted by Gasteiger charge is -2.11. The van der Waals surface area contributed by atoms with Gasteiger partial charge in [-0.15, -0.1) is 0 Å². The van der Waals surface area contributed by atoms with Crippen LogP contribution in [0.3, 0.4) is 0 Å². The molecule has 0 heterocycles. The lowest BCUT2D eigenvalue weighted by molar-refractivity contribution is 0.274. The summed E-state index contributed by atoms with van der Waals surface area (Å²) in [5, 5.41) is 12.7. The number of ether oxygens (including phenoxy) is 2. The van der Waals surface area contributed by atoms with Gasteiger partial charge in [0, 0.05) is 17.8 Å². The van der Waals surface area contributed by atoms with Crippen molar-refractivity contribution < 1.29 is 14.6 Å². The summed E-state index contributed by atoms with van der Waals surface area (Å²) in [6.45, 7) is 3.28. The van der Waals surface area contributed by atoms with Crippen molar-refractivity contribution in [2.24, 2.45) is 0 Å². The van der Waals surface area contributed by atoms with E-state index < -0.39 is 0 Å². The molecule has 4 heteroatoms. The predicted octanol–water partition coefficient (Wildman–Crippen LogP) is 3.20. The van der Waals surface area contributed by atoms with Crippen molar-refractivity contribution in [2.45, 2.75) is 20.1 Å². The fourth-order valence-corrected chi connectivity index (χ4v) is 2.13. The van der Waals surface area contributed by atoms with Crippen LogP contribution < -0.4 is 14.8 Å². The van der Waals surface area contributed by atoms with Crippen LogP contribution in [0, 0.1) is 0 Å². The molecule has 0 radical (unpaired) electrons. The summed E-state index contributed by atoms with van der Waals surface area (Å²) >= 11 is 0. The number of benzene rings is 2. The second-order valence-electron chi connectivity index (χ2n) is 4.62. The highest BCUT2D eigenvalue weighted by atomic mass is 16.5. The number of rotatable bonds is 7. The molecule has 0 amide bonds. The topological polar surface area (TPSA) is 50.7 Å². The van der Waals surface area contributed by atoms with E-state index in [1.54, 1.807) is 7.11 Å². The van der Waals surface area contributed by atoms with Crippen LogP contribution in [0.5, 0.6) is 11.5 Å². The number of anilines is 1. The first kappa shape index (κ1) is 15.2. The molecule has 0 unspecified atom stereocenters. The molecule has 0 saturated heterocycles. The first-order valence-electron chi connectivity index (χ1n) is 7.00. The van der Waals surface area contributed by atoms with Crippen LogP contribution in [0.4, 0.5) is 5.69 Å². The third kappa shape index (κ3) is 4.13. The Hall–Kier alpha value is -2.20. The third-order valence-corrected chi connectivity index (χ3v) is 3.16. The van der Waals surface area contributed by atoms with Gasteiger partial charge in [0.15, 0.2) is 0 Å². The highest BCUT2D eigenvalue weighted by molar-refractivity contribution is 5.51. The molecule has 2 N–H and O–H groups in total. The maximum Gasteiger partial charge on any atom is 0.124 e. The molecule has 0 aliphatic heterocycles. The highest BCUT2D eigenvalue weighted by Gasteiger charge is 2.03. The van der Waals surface area contributed by atoms with Gasteiger partial charge in [0.2, 0.25) is 0 Å². The third-order valence-electron chi connectivity index (χ3n) is 3.16. The molecule has 0 spiro atoms. The summed E-state index contributed by atoms with van der Waals surface area (Å²) in [6.07, 6.45) is 0. The SMILES string of the molecule is CCOc1cccc(CNc2ccc(OC)c(CO)c2)c1. The molecular formula is C17H21NO3. The normalized spacial score (nSPS) is 10.2. The molecule has 0 fully saturated rings. The van der Waals surface area contributed by atoms with Crippen LogP contribution in [0.15, 0.2) is 42.5 Å². The average molecular weight is 287 g/mol. The van der Waals surface area contributed by atoms with Crippen LogP contribution in [0.1, 0.15) is 18.1 Å². The smallest absolute Gasteiger partial charge is 0.124 e. The van der Waals surface area contributed by atoms with Gasteiger partial charge in [-0.2, -0.15) is 0 Å². The van der Waals surface area contributed by atoms with E-state index in [0.717, 1.165) is 22.6 Å². The summed E-state index contributed by atoms with van der Waals surface area (Å²) in [7, 11) is 1.60. The van der Waals surface area contributed by atoms with E-state index >= 15 is 0 Å². The molecule has 0 aliphatic carbocycles. The standard InChI is InChI=1S/C17H21NO3/c1-3-21-16-6-4-5-13(9-16)11-18-15-7-8-17(20-2)14(10-15)12-19/h4-10,18-19H,3,11-12H2,1-2H3. The monoisotopic (exact) mass is 287 g/mol. The quantitative estimate of drug-likeness (QED) is 0.821. The molecule has 0 saturated carbocycles. The summed E-state index contributed by atoms with van der Waals surface area (Å²) < 4.78 is 10.7. The number of nitrogens with one attached hydrogen (secondary N) is 1. The predicted molar refractivity (Wildman–Crippen MR) is 83.9 cm³/mol. The van der Waals surface area contributed by atoms with Crippen LogP contribution in [0.25, 0.3) is 0 Å². The van der Waals surface area contributed by atoms with Crippen molar-refractivity contribution in [2.75, 3.05) is 19.0 Å². The zero-order chi connectivity index (χ0) is 15.1. The second kappa shape index (κ2) is 7.55. The van der Waals surface area contributed by atoms with E-state index in [1.165, 1.54) is 0 Å². The van der Waals surface area contributed by atoms with Crippen LogP contribution in [-0.4, -0.2) is 18.8 Å². The van der Waals surface area contributed by atoms with Gasteiger partial charge >= 0.3 is 0 Å². The minimum atomic E-state index is -0.0431. The largest absolute Gasteiger partial charge is 0.496 e. The van der Waals surface area contributed by atoms with Crippen molar-refractivity contribution in [1.82, 2.24) is 0 Å². The van der Waals surface area contributed by atoms with E-state index in [0.29, 0.717) is 18.9 Å². The lowest BCUT2D eigenvalue weighted by atomic mass is 10.1. The van der Waals surface area contributed by atoms with Crippen LogP contribution in [0.2, 0.25) is 0 Å². The van der Waals surface area contributed by atoms with E-state index in [2.05, 4.69) is 5.32 Å². The number of aliphatic hydroxyl groups is 1. The fraction of sp³-hybridized carbons (Fsp3) is 0.294. The lowest BCUT2D eigenvalue weighted by Crippen LogP contribution is -2.01. The molecule has 0 aliphatic rings. The molecule has 4 nitrogen and oxygen atoms in total. The Kier molecular flexibility index (Phi) is 5.46. The molecule has 2 aromatic rings. The Morgan fingerprint density at radius 2 is 2.00 bits per heavy atom. The number of methoxy groups -OCH3 is 1. The van der Waals surface area contributed by atoms with Crippen molar-refractivity contribution in [3.63, 3.8) is 0 Å². The maximum absolute atomic E-state index is 9.33. The van der Waals surface area contributed by atoms with Gasteiger partial charge in [-0.1, -0.05) is 12.1 Å². The maximum atomic E-state index is 9.33. The summed E-state index contributed by atoms with van der Waals surface area (Å²) in [6, 6.07) is 13.7.